The van der Waals surface area contributed by atoms with Crippen LogP contribution in [-0.4, -0.2) is 29.1 Å². The summed E-state index contributed by atoms with van der Waals surface area (Å²) in [6, 6.07) is 13.9. The Labute approximate surface area is 177 Å². The summed E-state index contributed by atoms with van der Waals surface area (Å²) in [5.41, 5.74) is 0.877. The van der Waals surface area contributed by atoms with Gasteiger partial charge in [-0.2, -0.15) is 0 Å². The van der Waals surface area contributed by atoms with Crippen molar-refractivity contribution >= 4 is 34.9 Å². The standard InChI is InChI=1S/C22H17ClN2O5/c1-12-10-17(24-30-12)25-19(13-6-8-15(23)9-7-13)18(21(27)22(25)28)20(26)14-4-3-5-16(11-14)29-2/h3-11,19,26H,1-2H3/b20-18+. The Morgan fingerprint density at radius 3 is 2.53 bits per heavy atom. The lowest BCUT2D eigenvalue weighted by atomic mass is 9.95. The summed E-state index contributed by atoms with van der Waals surface area (Å²) >= 11 is 6.01. The monoisotopic (exact) mass is 424 g/mol. The molecule has 1 atom stereocenters. The van der Waals surface area contributed by atoms with Crippen LogP contribution in [0, 0.1) is 6.92 Å². The molecule has 1 fully saturated rings. The van der Waals surface area contributed by atoms with Crippen LogP contribution in [0.3, 0.4) is 0 Å². The number of halogens is 1. The molecular weight excluding hydrogens is 408 g/mol. The summed E-state index contributed by atoms with van der Waals surface area (Å²) in [4.78, 5) is 27.1. The van der Waals surface area contributed by atoms with Gasteiger partial charge >= 0.3 is 5.91 Å². The third-order valence-electron chi connectivity index (χ3n) is 4.84. The average molecular weight is 425 g/mol. The number of aliphatic hydroxyl groups excluding tert-OH is 1. The van der Waals surface area contributed by atoms with E-state index in [0.717, 1.165) is 0 Å². The number of aryl methyl sites for hydroxylation is 1. The van der Waals surface area contributed by atoms with Crippen LogP contribution in [0.2, 0.25) is 5.02 Å². The van der Waals surface area contributed by atoms with E-state index in [4.69, 9.17) is 20.9 Å². The van der Waals surface area contributed by atoms with Crippen LogP contribution in [-0.2, 0) is 9.59 Å². The van der Waals surface area contributed by atoms with Gasteiger partial charge in [-0.3, -0.25) is 14.5 Å². The SMILES string of the molecule is COc1cccc(/C(O)=C2\C(=O)C(=O)N(c3cc(C)on3)C2c2ccc(Cl)cc2)c1. The van der Waals surface area contributed by atoms with Gasteiger partial charge in [-0.15, -0.1) is 0 Å². The lowest BCUT2D eigenvalue weighted by Gasteiger charge is -2.22. The van der Waals surface area contributed by atoms with Crippen molar-refractivity contribution in [1.29, 1.82) is 0 Å². The first kappa shape index (κ1) is 19.7. The third-order valence-corrected chi connectivity index (χ3v) is 5.09. The quantitative estimate of drug-likeness (QED) is 0.382. The second-order valence-corrected chi connectivity index (χ2v) is 7.18. The number of benzene rings is 2. The van der Waals surface area contributed by atoms with Gasteiger partial charge in [0.05, 0.1) is 18.7 Å². The van der Waals surface area contributed by atoms with Gasteiger partial charge in [0.2, 0.25) is 0 Å². The molecule has 7 nitrogen and oxygen atoms in total. The van der Waals surface area contributed by atoms with E-state index < -0.39 is 17.7 Å². The van der Waals surface area contributed by atoms with Crippen molar-refractivity contribution in [2.24, 2.45) is 0 Å². The number of carbonyl (C=O) groups is 2. The van der Waals surface area contributed by atoms with Gasteiger partial charge in [-0.1, -0.05) is 41.0 Å². The van der Waals surface area contributed by atoms with Gasteiger partial charge in [-0.05, 0) is 36.8 Å². The predicted molar refractivity (Wildman–Crippen MR) is 110 cm³/mol. The van der Waals surface area contributed by atoms with Crippen molar-refractivity contribution < 1.29 is 24.0 Å². The van der Waals surface area contributed by atoms with E-state index in [1.54, 1.807) is 61.5 Å². The molecule has 0 radical (unpaired) electrons. The number of hydrogen-bond acceptors (Lipinski definition) is 6. The number of aromatic nitrogens is 1. The highest BCUT2D eigenvalue weighted by atomic mass is 35.5. The van der Waals surface area contributed by atoms with E-state index in [2.05, 4.69) is 5.16 Å². The Morgan fingerprint density at radius 1 is 1.17 bits per heavy atom. The summed E-state index contributed by atoms with van der Waals surface area (Å²) < 4.78 is 10.3. The maximum absolute atomic E-state index is 13.0. The molecule has 1 aromatic heterocycles. The minimum atomic E-state index is -0.905. The number of ketones is 1. The number of carbonyl (C=O) groups excluding carboxylic acids is 2. The maximum Gasteiger partial charge on any atom is 0.301 e. The zero-order valence-electron chi connectivity index (χ0n) is 16.1. The van der Waals surface area contributed by atoms with E-state index in [0.29, 0.717) is 27.7 Å². The van der Waals surface area contributed by atoms with E-state index in [1.807, 2.05) is 0 Å². The van der Waals surface area contributed by atoms with Crippen LogP contribution < -0.4 is 9.64 Å². The number of aliphatic hydroxyl groups is 1. The minimum Gasteiger partial charge on any atom is -0.507 e. The molecule has 4 rings (SSSR count). The van der Waals surface area contributed by atoms with Crippen molar-refractivity contribution in [2.45, 2.75) is 13.0 Å². The Hall–Kier alpha value is -3.58. The molecule has 1 unspecified atom stereocenters. The molecule has 1 aliphatic heterocycles. The second-order valence-electron chi connectivity index (χ2n) is 6.75. The smallest absolute Gasteiger partial charge is 0.301 e. The lowest BCUT2D eigenvalue weighted by Crippen LogP contribution is -2.29. The number of methoxy groups -OCH3 is 1. The highest BCUT2D eigenvalue weighted by Crippen LogP contribution is 2.42. The topological polar surface area (TPSA) is 92.9 Å². The van der Waals surface area contributed by atoms with Crippen molar-refractivity contribution in [3.8, 4) is 5.75 Å². The zero-order chi connectivity index (χ0) is 21.4. The van der Waals surface area contributed by atoms with Gasteiger partial charge in [0.15, 0.2) is 5.82 Å². The first-order valence-electron chi connectivity index (χ1n) is 9.05. The van der Waals surface area contributed by atoms with Crippen molar-refractivity contribution in [1.82, 2.24) is 5.16 Å². The Bertz CT molecular complexity index is 1170. The molecule has 0 spiro atoms. The van der Waals surface area contributed by atoms with Crippen LogP contribution >= 0.6 is 11.6 Å². The second kappa shape index (κ2) is 7.68. The first-order valence-corrected chi connectivity index (χ1v) is 9.42. The molecule has 0 bridgehead atoms. The molecule has 0 aliphatic carbocycles. The van der Waals surface area contributed by atoms with Crippen LogP contribution in [0.25, 0.3) is 5.76 Å². The zero-order valence-corrected chi connectivity index (χ0v) is 16.9. The molecule has 3 aromatic rings. The number of rotatable bonds is 4. The Balaban J connectivity index is 1.94. The van der Waals surface area contributed by atoms with E-state index in [9.17, 15) is 14.7 Å². The normalized spacial score (nSPS) is 18.1. The summed E-state index contributed by atoms with van der Waals surface area (Å²) in [5, 5.41) is 15.4. The molecule has 2 aromatic carbocycles. The number of amides is 1. The molecule has 1 aliphatic rings. The van der Waals surface area contributed by atoms with Gasteiger partial charge in [0.25, 0.3) is 5.78 Å². The van der Waals surface area contributed by atoms with Crippen molar-refractivity contribution in [3.63, 3.8) is 0 Å². The first-order chi connectivity index (χ1) is 14.4. The molecule has 1 N–H and O–H groups in total. The molecule has 2 heterocycles. The number of ether oxygens (including phenoxy) is 1. The van der Waals surface area contributed by atoms with Crippen LogP contribution in [0.4, 0.5) is 5.82 Å². The summed E-state index contributed by atoms with van der Waals surface area (Å²) in [6.45, 7) is 1.68. The molecule has 8 heteroatoms. The van der Waals surface area contributed by atoms with Crippen molar-refractivity contribution in [2.75, 3.05) is 12.0 Å². The number of hydrogen-bond donors (Lipinski definition) is 1. The van der Waals surface area contributed by atoms with Gasteiger partial charge in [-0.25, -0.2) is 0 Å². The van der Waals surface area contributed by atoms with Gasteiger partial charge < -0.3 is 14.4 Å². The van der Waals surface area contributed by atoms with E-state index in [1.165, 1.54) is 12.0 Å². The molecule has 1 amide bonds. The number of nitrogens with zero attached hydrogens (tertiary/aromatic N) is 2. The number of Topliss-reactive ketones (excluding diaryl/α,β-unsaturated/α-hetero) is 1. The van der Waals surface area contributed by atoms with Crippen molar-refractivity contribution in [3.05, 3.63) is 82.1 Å². The molecule has 152 valence electrons. The average Bonchev–Trinajstić information content (AvgIpc) is 3.29. The van der Waals surface area contributed by atoms with Crippen LogP contribution in [0.5, 0.6) is 5.75 Å². The maximum atomic E-state index is 13.0. The highest BCUT2D eigenvalue weighted by molar-refractivity contribution is 6.51. The van der Waals surface area contributed by atoms with E-state index >= 15 is 0 Å². The van der Waals surface area contributed by atoms with Gasteiger partial charge in [0, 0.05) is 16.7 Å². The lowest BCUT2D eigenvalue weighted by molar-refractivity contribution is -0.132. The fourth-order valence-corrected chi connectivity index (χ4v) is 3.55. The van der Waals surface area contributed by atoms with Crippen LogP contribution in [0.1, 0.15) is 22.9 Å². The van der Waals surface area contributed by atoms with Crippen LogP contribution in [0.15, 0.2) is 64.7 Å². The summed E-state index contributed by atoms with van der Waals surface area (Å²) in [6.07, 6.45) is 0. The fraction of sp³-hybridized carbons (Fsp3) is 0.136. The molecular formula is C22H17ClN2O5. The van der Waals surface area contributed by atoms with Gasteiger partial charge in [0.1, 0.15) is 17.3 Å². The number of anilines is 1. The highest BCUT2D eigenvalue weighted by Gasteiger charge is 2.48. The summed E-state index contributed by atoms with van der Waals surface area (Å²) in [5.74, 6) is -0.782. The molecule has 0 saturated carbocycles. The molecule has 1 saturated heterocycles. The Morgan fingerprint density at radius 2 is 1.90 bits per heavy atom. The Kier molecular flexibility index (Phi) is 5.05. The third kappa shape index (κ3) is 3.33. The predicted octanol–water partition coefficient (Wildman–Crippen LogP) is 4.27. The summed E-state index contributed by atoms with van der Waals surface area (Å²) in [7, 11) is 1.50. The fourth-order valence-electron chi connectivity index (χ4n) is 3.42. The minimum absolute atomic E-state index is 0.0590. The molecule has 30 heavy (non-hydrogen) atoms. The van der Waals surface area contributed by atoms with E-state index in [-0.39, 0.29) is 17.2 Å². The largest absolute Gasteiger partial charge is 0.507 e.